The van der Waals surface area contributed by atoms with E-state index in [0.717, 1.165) is 96.3 Å². The molecule has 0 spiro atoms. The summed E-state index contributed by atoms with van der Waals surface area (Å²) in [5.41, 5.74) is 0. The van der Waals surface area contributed by atoms with Crippen molar-refractivity contribution in [2.75, 3.05) is 39.6 Å². The molecule has 0 rings (SSSR count). The summed E-state index contributed by atoms with van der Waals surface area (Å²) in [4.78, 5) is 73.1. The second-order valence-electron chi connectivity index (χ2n) is 31.1. The minimum atomic E-state index is -4.96. The lowest BCUT2D eigenvalue weighted by atomic mass is 10.0. The first kappa shape index (κ1) is 102. The van der Waals surface area contributed by atoms with Crippen molar-refractivity contribution in [3.8, 4) is 0 Å². The van der Waals surface area contributed by atoms with Gasteiger partial charge in [-0.25, -0.2) is 9.13 Å². The summed E-state index contributed by atoms with van der Waals surface area (Å²) in [5.74, 6) is -1.40. The van der Waals surface area contributed by atoms with Crippen molar-refractivity contribution < 1.29 is 80.2 Å². The van der Waals surface area contributed by atoms with Crippen molar-refractivity contribution in [2.24, 2.45) is 5.92 Å². The molecule has 0 fully saturated rings. The largest absolute Gasteiger partial charge is 0.472 e. The lowest BCUT2D eigenvalue weighted by molar-refractivity contribution is -0.161. The third kappa shape index (κ3) is 78.2. The highest BCUT2D eigenvalue weighted by Gasteiger charge is 2.30. The smallest absolute Gasteiger partial charge is 0.462 e. The van der Waals surface area contributed by atoms with Gasteiger partial charge in [0.05, 0.1) is 26.4 Å². The number of aliphatic hydroxyl groups is 1. The number of phosphoric acid groups is 2. The van der Waals surface area contributed by atoms with E-state index in [1.54, 1.807) is 0 Å². The molecule has 0 aromatic rings. The molecule has 0 aromatic carbocycles. The molecule has 2 unspecified atom stereocenters. The summed E-state index contributed by atoms with van der Waals surface area (Å²) in [6.45, 7) is 7.30. The van der Waals surface area contributed by atoms with Gasteiger partial charge in [0.25, 0.3) is 0 Å². The van der Waals surface area contributed by atoms with Crippen LogP contribution in [0.15, 0.2) is 0 Å². The van der Waals surface area contributed by atoms with Gasteiger partial charge in [-0.2, -0.15) is 0 Å². The molecular formula is C85H166O17P2. The van der Waals surface area contributed by atoms with Crippen LogP contribution in [0.5, 0.6) is 0 Å². The number of unbranched alkanes of at least 4 members (excludes halogenated alkanes) is 57. The first-order valence-corrected chi connectivity index (χ1v) is 47.1. The van der Waals surface area contributed by atoms with E-state index in [1.165, 1.54) is 276 Å². The Bertz CT molecular complexity index is 1980. The molecule has 17 nitrogen and oxygen atoms in total. The van der Waals surface area contributed by atoms with E-state index in [-0.39, 0.29) is 25.7 Å². The highest BCUT2D eigenvalue weighted by Crippen LogP contribution is 2.45. The quantitative estimate of drug-likeness (QED) is 0.0222. The van der Waals surface area contributed by atoms with Crippen LogP contribution in [0.4, 0.5) is 0 Å². The van der Waals surface area contributed by atoms with Gasteiger partial charge in [-0.15, -0.1) is 0 Å². The van der Waals surface area contributed by atoms with E-state index in [2.05, 4.69) is 34.6 Å². The van der Waals surface area contributed by atoms with Crippen molar-refractivity contribution in [3.05, 3.63) is 0 Å². The third-order valence-corrected chi connectivity index (χ3v) is 21.9. The monoisotopic (exact) mass is 1520 g/mol. The maximum absolute atomic E-state index is 13.1. The van der Waals surface area contributed by atoms with Crippen LogP contribution in [-0.4, -0.2) is 96.7 Å². The van der Waals surface area contributed by atoms with Crippen molar-refractivity contribution in [2.45, 2.75) is 477 Å². The van der Waals surface area contributed by atoms with Crippen molar-refractivity contribution in [3.63, 3.8) is 0 Å². The van der Waals surface area contributed by atoms with E-state index in [9.17, 15) is 43.2 Å². The Kier molecular flexibility index (Phi) is 76.3. The summed E-state index contributed by atoms with van der Waals surface area (Å²) in [6.07, 6.45) is 71.0. The predicted molar refractivity (Wildman–Crippen MR) is 428 cm³/mol. The number of hydrogen-bond acceptors (Lipinski definition) is 15. The molecule has 0 aliphatic carbocycles. The summed E-state index contributed by atoms with van der Waals surface area (Å²) in [5, 5.41) is 10.7. The number of carbonyl (C=O) groups is 4. The van der Waals surface area contributed by atoms with Crippen molar-refractivity contribution in [1.29, 1.82) is 0 Å². The number of ether oxygens (including phenoxy) is 4. The Morgan fingerprint density at radius 3 is 0.654 bits per heavy atom. The van der Waals surface area contributed by atoms with Gasteiger partial charge >= 0.3 is 39.5 Å². The minimum Gasteiger partial charge on any atom is -0.462 e. The fourth-order valence-corrected chi connectivity index (χ4v) is 14.9. The van der Waals surface area contributed by atoms with Crippen molar-refractivity contribution in [1.82, 2.24) is 0 Å². The zero-order valence-corrected chi connectivity index (χ0v) is 70.0. The van der Waals surface area contributed by atoms with E-state index in [1.807, 2.05) is 0 Å². The normalized spacial score (nSPS) is 13.8. The summed E-state index contributed by atoms with van der Waals surface area (Å²) < 4.78 is 68.8. The van der Waals surface area contributed by atoms with Gasteiger partial charge in [-0.1, -0.05) is 407 Å². The standard InChI is InChI=1S/C85H166O17P2/c1-6-9-12-15-18-21-24-27-30-32-34-35-36-37-39-41-44-47-50-55-61-66-71-84(89)101-80(74-95-82(87)68-63-58-53-48-45-43-40-38-33-31-28-25-22-19-16-13-10-7-2)76-99-103(91,92)97-72-79(86)73-98-104(93,94)100-77-81(75-96-83(88)69-64-59-56-51-52-57-62-67-78(4)5)102-85(90)70-65-60-54-49-46-42-29-26-23-20-17-14-11-8-3/h78-81,86H,6-77H2,1-5H3,(H,91,92)(H,93,94)/t79-,80-,81-/m1/s1. The van der Waals surface area contributed by atoms with Crippen LogP contribution in [0, 0.1) is 5.92 Å². The minimum absolute atomic E-state index is 0.108. The Labute approximate surface area is 638 Å². The molecule has 0 heterocycles. The topological polar surface area (TPSA) is 237 Å². The zero-order chi connectivity index (χ0) is 76.2. The lowest BCUT2D eigenvalue weighted by Gasteiger charge is -2.21. The number of carbonyl (C=O) groups excluding carboxylic acids is 4. The molecule has 19 heteroatoms. The molecule has 0 saturated heterocycles. The Balaban J connectivity index is 5.21. The van der Waals surface area contributed by atoms with Gasteiger partial charge in [0.15, 0.2) is 12.2 Å². The fourth-order valence-electron chi connectivity index (χ4n) is 13.3. The number of rotatable bonds is 85. The Hall–Kier alpha value is -1.94. The van der Waals surface area contributed by atoms with Crippen molar-refractivity contribution >= 4 is 39.5 Å². The first-order valence-electron chi connectivity index (χ1n) is 44.1. The molecule has 0 aliphatic heterocycles. The van der Waals surface area contributed by atoms with E-state index in [4.69, 9.17) is 37.0 Å². The van der Waals surface area contributed by atoms with Gasteiger partial charge in [0, 0.05) is 25.7 Å². The molecule has 618 valence electrons. The van der Waals surface area contributed by atoms with Crippen LogP contribution in [-0.2, 0) is 65.4 Å². The Morgan fingerprint density at radius 1 is 0.260 bits per heavy atom. The first-order chi connectivity index (χ1) is 50.5. The van der Waals surface area contributed by atoms with Gasteiger partial charge < -0.3 is 33.8 Å². The molecule has 0 aliphatic rings. The second kappa shape index (κ2) is 77.8. The van der Waals surface area contributed by atoms with Gasteiger partial charge in [0.1, 0.15) is 19.3 Å². The molecule has 0 aromatic heterocycles. The number of hydrogen-bond donors (Lipinski definition) is 3. The van der Waals surface area contributed by atoms with Crippen LogP contribution >= 0.6 is 15.6 Å². The average Bonchev–Trinajstić information content (AvgIpc) is 1.02. The van der Waals surface area contributed by atoms with E-state index in [0.29, 0.717) is 31.6 Å². The van der Waals surface area contributed by atoms with Crippen LogP contribution in [0.1, 0.15) is 458 Å². The lowest BCUT2D eigenvalue weighted by Crippen LogP contribution is -2.30. The number of aliphatic hydroxyl groups excluding tert-OH is 1. The molecule has 0 amide bonds. The molecule has 0 radical (unpaired) electrons. The molecule has 0 saturated carbocycles. The number of esters is 4. The summed E-state index contributed by atoms with van der Waals surface area (Å²) in [6, 6.07) is 0. The van der Waals surface area contributed by atoms with Gasteiger partial charge in [0.2, 0.25) is 0 Å². The maximum Gasteiger partial charge on any atom is 0.472 e. The highest BCUT2D eigenvalue weighted by molar-refractivity contribution is 7.47. The van der Waals surface area contributed by atoms with Crippen LogP contribution in [0.3, 0.4) is 0 Å². The number of phosphoric ester groups is 2. The van der Waals surface area contributed by atoms with E-state index < -0.39 is 97.5 Å². The van der Waals surface area contributed by atoms with E-state index >= 15 is 0 Å². The SMILES string of the molecule is CCCCCCCCCCCCCCCCCCCCCCCCC(=O)O[C@H](COC(=O)CCCCCCCCCCCCCCCCCCCC)COP(=O)(O)OC[C@@H](O)COP(=O)(O)OC[C@@H](COC(=O)CCCCCCCCCC(C)C)OC(=O)CCCCCCCCCCCCCCCC. The van der Waals surface area contributed by atoms with Gasteiger partial charge in [-0.3, -0.25) is 37.3 Å². The van der Waals surface area contributed by atoms with Crippen LogP contribution in [0.25, 0.3) is 0 Å². The predicted octanol–water partition coefficient (Wildman–Crippen LogP) is 26.0. The molecule has 3 N–H and O–H groups in total. The summed E-state index contributed by atoms with van der Waals surface area (Å²) in [7, 11) is -9.92. The maximum atomic E-state index is 13.1. The zero-order valence-electron chi connectivity index (χ0n) is 68.2. The van der Waals surface area contributed by atoms with Gasteiger partial charge in [-0.05, 0) is 31.6 Å². The summed E-state index contributed by atoms with van der Waals surface area (Å²) >= 11 is 0. The molecule has 104 heavy (non-hydrogen) atoms. The highest BCUT2D eigenvalue weighted by atomic mass is 31.2. The fraction of sp³-hybridized carbons (Fsp3) is 0.953. The van der Waals surface area contributed by atoms with Crippen LogP contribution in [0.2, 0.25) is 0 Å². The third-order valence-electron chi connectivity index (χ3n) is 20.0. The van der Waals surface area contributed by atoms with Crippen LogP contribution < -0.4 is 0 Å². The molecule has 5 atom stereocenters. The molecular weight excluding hydrogens is 1350 g/mol. The Morgan fingerprint density at radius 2 is 0.442 bits per heavy atom. The molecule has 0 bridgehead atoms. The average molecular weight is 1520 g/mol. The second-order valence-corrected chi connectivity index (χ2v) is 34.0.